The smallest absolute Gasteiger partial charge is 0.119 e. The van der Waals surface area contributed by atoms with Gasteiger partial charge in [-0.1, -0.05) is 77.9 Å². The van der Waals surface area contributed by atoms with Crippen molar-refractivity contribution in [1.82, 2.24) is 0 Å². The second kappa shape index (κ2) is 9.29. The first kappa shape index (κ1) is 27.2. The van der Waals surface area contributed by atoms with Crippen molar-refractivity contribution in [2.24, 2.45) is 5.92 Å². The topological polar surface area (TPSA) is 60.7 Å². The van der Waals surface area contributed by atoms with Gasteiger partial charge in [0.2, 0.25) is 0 Å². The Morgan fingerprint density at radius 1 is 0.500 bits per heavy atom. The molecule has 3 aromatic rings. The third-order valence-electron chi connectivity index (χ3n) is 10.9. The van der Waals surface area contributed by atoms with E-state index in [2.05, 4.69) is 77.9 Å². The van der Waals surface area contributed by atoms with E-state index in [-0.39, 0.29) is 34.0 Å². The second-order valence-corrected chi connectivity index (χ2v) is 14.6. The first-order valence-corrected chi connectivity index (χ1v) is 15.4. The summed E-state index contributed by atoms with van der Waals surface area (Å²) in [6.07, 6.45) is 6.84. The lowest BCUT2D eigenvalue weighted by Gasteiger charge is -2.67. The van der Waals surface area contributed by atoms with E-state index in [1.807, 2.05) is 18.2 Å². The Bertz CT molecular complexity index is 1270. The molecule has 4 aliphatic carbocycles. The van der Waals surface area contributed by atoms with E-state index in [1.165, 1.54) is 36.0 Å². The van der Waals surface area contributed by atoms with Crippen LogP contribution >= 0.6 is 0 Å². The van der Waals surface area contributed by atoms with Crippen molar-refractivity contribution < 1.29 is 15.3 Å². The lowest BCUT2D eigenvalue weighted by Crippen LogP contribution is -2.62. The highest BCUT2D eigenvalue weighted by molar-refractivity contribution is 5.51. The lowest BCUT2D eigenvalue weighted by molar-refractivity contribution is -0.0494. The average molecular weight is 539 g/mol. The summed E-state index contributed by atoms with van der Waals surface area (Å²) in [6.45, 7) is 13.0. The van der Waals surface area contributed by atoms with Crippen molar-refractivity contribution in [3.05, 3.63) is 88.0 Å². The summed E-state index contributed by atoms with van der Waals surface area (Å²) in [6, 6.07) is 19.3. The van der Waals surface area contributed by atoms with E-state index < -0.39 is 0 Å². The molecule has 0 radical (unpaired) electrons. The van der Waals surface area contributed by atoms with Gasteiger partial charge in [0.25, 0.3) is 0 Å². The van der Waals surface area contributed by atoms with Crippen LogP contribution in [0.3, 0.4) is 0 Å². The molecule has 4 aliphatic rings. The number of aromatic hydroxyl groups is 3. The minimum atomic E-state index is 0.0164. The van der Waals surface area contributed by atoms with Gasteiger partial charge in [0.15, 0.2) is 0 Å². The van der Waals surface area contributed by atoms with Gasteiger partial charge < -0.3 is 15.3 Å². The molecule has 0 atom stereocenters. The molecule has 3 heteroatoms. The van der Waals surface area contributed by atoms with Crippen LogP contribution in [-0.4, -0.2) is 15.3 Å². The Morgan fingerprint density at radius 3 is 1.02 bits per heavy atom. The summed E-state index contributed by atoms with van der Waals surface area (Å²) in [7, 11) is 0. The first-order chi connectivity index (χ1) is 18.9. The fourth-order valence-electron chi connectivity index (χ4n) is 9.44. The Kier molecular flexibility index (Phi) is 6.33. The maximum Gasteiger partial charge on any atom is 0.119 e. The van der Waals surface area contributed by atoms with Gasteiger partial charge in [-0.05, 0) is 130 Å². The highest BCUT2D eigenvalue weighted by Gasteiger charge is 2.64. The number of hydrogen-bond acceptors (Lipinski definition) is 3. The number of phenolic OH excluding ortho intramolecular Hbond substituents is 3. The molecule has 3 aromatic carbocycles. The van der Waals surface area contributed by atoms with Crippen molar-refractivity contribution in [1.29, 1.82) is 0 Å². The van der Waals surface area contributed by atoms with E-state index in [0.29, 0.717) is 23.2 Å². The van der Waals surface area contributed by atoms with Gasteiger partial charge in [-0.3, -0.25) is 0 Å². The monoisotopic (exact) mass is 538 g/mol. The summed E-state index contributed by atoms with van der Waals surface area (Å²) in [5.74, 6) is 2.56. The van der Waals surface area contributed by atoms with Gasteiger partial charge in [0, 0.05) is 0 Å². The van der Waals surface area contributed by atoms with E-state index in [1.54, 1.807) is 0 Å². The summed E-state index contributed by atoms with van der Waals surface area (Å²) in [4.78, 5) is 0. The molecule has 0 aliphatic heterocycles. The van der Waals surface area contributed by atoms with Gasteiger partial charge in [0.1, 0.15) is 17.2 Å². The maximum atomic E-state index is 10.7. The predicted octanol–water partition coefficient (Wildman–Crippen LogP) is 9.29. The Labute approximate surface area is 240 Å². The number of benzene rings is 3. The molecule has 4 bridgehead atoms. The van der Waals surface area contributed by atoms with E-state index in [0.717, 1.165) is 36.0 Å². The van der Waals surface area contributed by atoms with Crippen LogP contribution in [0.15, 0.2) is 54.6 Å². The lowest BCUT2D eigenvalue weighted by atomic mass is 9.36. The molecule has 3 nitrogen and oxygen atoms in total. The highest BCUT2D eigenvalue weighted by atomic mass is 16.3. The standard InChI is InChI=1S/C37H46O3/c1-22(2)29-13-26(7-10-32(29)38)35-16-25-17-36(19-35,27-8-11-33(39)30(14-27)23(3)4)21-37(18-25,20-35)28-9-12-34(40)31(15-28)24(5)6/h7-15,22-25,38-40H,16-21H2,1-6H3. The minimum absolute atomic E-state index is 0.0164. The molecule has 4 saturated carbocycles. The van der Waals surface area contributed by atoms with Crippen LogP contribution in [0.5, 0.6) is 17.2 Å². The van der Waals surface area contributed by atoms with Crippen LogP contribution < -0.4 is 0 Å². The second-order valence-electron chi connectivity index (χ2n) is 14.6. The van der Waals surface area contributed by atoms with Crippen LogP contribution in [0.4, 0.5) is 0 Å². The molecular formula is C37H46O3. The molecule has 0 spiro atoms. The van der Waals surface area contributed by atoms with Gasteiger partial charge in [-0.25, -0.2) is 0 Å². The minimum Gasteiger partial charge on any atom is -0.508 e. The average Bonchev–Trinajstić information content (AvgIpc) is 2.88. The van der Waals surface area contributed by atoms with E-state index in [9.17, 15) is 15.3 Å². The van der Waals surface area contributed by atoms with Crippen molar-refractivity contribution in [3.8, 4) is 17.2 Å². The Morgan fingerprint density at radius 2 is 0.775 bits per heavy atom. The zero-order chi connectivity index (χ0) is 28.6. The zero-order valence-corrected chi connectivity index (χ0v) is 25.1. The molecule has 0 heterocycles. The van der Waals surface area contributed by atoms with Crippen molar-refractivity contribution in [2.75, 3.05) is 0 Å². The molecule has 4 fully saturated rings. The molecule has 0 amide bonds. The molecule has 0 saturated heterocycles. The van der Waals surface area contributed by atoms with E-state index >= 15 is 0 Å². The molecule has 40 heavy (non-hydrogen) atoms. The van der Waals surface area contributed by atoms with Crippen molar-refractivity contribution in [2.45, 2.75) is 114 Å². The summed E-state index contributed by atoms with van der Waals surface area (Å²) < 4.78 is 0. The van der Waals surface area contributed by atoms with Gasteiger partial charge in [0.05, 0.1) is 0 Å². The fraction of sp³-hybridized carbons (Fsp3) is 0.514. The normalized spacial score (nSPS) is 29.2. The van der Waals surface area contributed by atoms with Gasteiger partial charge in [-0.2, -0.15) is 0 Å². The zero-order valence-electron chi connectivity index (χ0n) is 25.1. The molecule has 7 rings (SSSR count). The number of rotatable bonds is 6. The predicted molar refractivity (Wildman–Crippen MR) is 163 cm³/mol. The van der Waals surface area contributed by atoms with Gasteiger partial charge in [-0.15, -0.1) is 0 Å². The number of hydrogen-bond donors (Lipinski definition) is 3. The SMILES string of the molecule is CC(C)c1cc(C23CC4CC(c5ccc(O)c(C(C)C)c5)(C2)CC(c2ccc(O)c(C(C)C)c2)(C4)C3)ccc1O. The largest absolute Gasteiger partial charge is 0.508 e. The van der Waals surface area contributed by atoms with Crippen LogP contribution in [-0.2, 0) is 16.2 Å². The summed E-state index contributed by atoms with van der Waals surface area (Å²) >= 11 is 0. The highest BCUT2D eigenvalue weighted by Crippen LogP contribution is 2.71. The fourth-order valence-corrected chi connectivity index (χ4v) is 9.44. The maximum absolute atomic E-state index is 10.7. The van der Waals surface area contributed by atoms with Gasteiger partial charge >= 0.3 is 0 Å². The first-order valence-electron chi connectivity index (χ1n) is 15.4. The van der Waals surface area contributed by atoms with Crippen molar-refractivity contribution in [3.63, 3.8) is 0 Å². The molecule has 0 unspecified atom stereocenters. The van der Waals surface area contributed by atoms with Crippen LogP contribution in [0.2, 0.25) is 0 Å². The molecule has 3 N–H and O–H groups in total. The van der Waals surface area contributed by atoms with E-state index in [4.69, 9.17) is 0 Å². The van der Waals surface area contributed by atoms with Crippen LogP contribution in [0.1, 0.15) is 131 Å². The third-order valence-corrected chi connectivity index (χ3v) is 10.9. The molecule has 212 valence electrons. The van der Waals surface area contributed by atoms with Crippen LogP contribution in [0.25, 0.3) is 0 Å². The summed E-state index contributed by atoms with van der Waals surface area (Å²) in [5.41, 5.74) is 7.28. The Hall–Kier alpha value is -2.94. The van der Waals surface area contributed by atoms with Crippen LogP contribution in [0, 0.1) is 5.92 Å². The third kappa shape index (κ3) is 4.14. The van der Waals surface area contributed by atoms with Crippen molar-refractivity contribution >= 4 is 0 Å². The molecular weight excluding hydrogens is 492 g/mol. The number of phenols is 3. The summed E-state index contributed by atoms with van der Waals surface area (Å²) in [5, 5.41) is 32.1. The molecule has 0 aromatic heterocycles. The quantitative estimate of drug-likeness (QED) is 0.293. The Balaban J connectivity index is 1.57.